The molecule has 0 spiro atoms. The van der Waals surface area contributed by atoms with Crippen LogP contribution in [0.5, 0.6) is 0 Å². The first-order valence-electron chi connectivity index (χ1n) is 7.26. The van der Waals surface area contributed by atoms with Crippen LogP contribution < -0.4 is 5.32 Å². The normalized spacial score (nSPS) is 12.9. The SMILES string of the molecule is COC(=O)N[C@@H](Cc1c[nH]c2ccccc12)C(=O)C(C)(C)C. The minimum Gasteiger partial charge on any atom is -0.453 e. The number of hydrogen-bond acceptors (Lipinski definition) is 3. The van der Waals surface area contributed by atoms with E-state index in [1.807, 2.05) is 51.2 Å². The Kier molecular flexibility index (Phi) is 4.54. The number of methoxy groups -OCH3 is 1. The summed E-state index contributed by atoms with van der Waals surface area (Å²) in [6, 6.07) is 7.26. The smallest absolute Gasteiger partial charge is 0.407 e. The fourth-order valence-corrected chi connectivity index (χ4v) is 2.45. The van der Waals surface area contributed by atoms with Crippen LogP contribution in [-0.4, -0.2) is 30.0 Å². The molecule has 1 amide bonds. The van der Waals surface area contributed by atoms with Crippen LogP contribution in [0.3, 0.4) is 0 Å². The molecular weight excluding hydrogens is 280 g/mol. The Bertz CT molecular complexity index is 683. The van der Waals surface area contributed by atoms with Crippen molar-refractivity contribution in [3.05, 3.63) is 36.0 Å². The van der Waals surface area contributed by atoms with Crippen LogP contribution in [0, 0.1) is 5.41 Å². The molecule has 5 heteroatoms. The lowest BCUT2D eigenvalue weighted by atomic mass is 9.84. The van der Waals surface area contributed by atoms with Crippen molar-refractivity contribution in [3.63, 3.8) is 0 Å². The largest absolute Gasteiger partial charge is 0.453 e. The minimum absolute atomic E-state index is 0.0248. The monoisotopic (exact) mass is 302 g/mol. The van der Waals surface area contributed by atoms with Crippen LogP contribution in [0.1, 0.15) is 26.3 Å². The van der Waals surface area contributed by atoms with Gasteiger partial charge in [0.05, 0.1) is 13.2 Å². The zero-order valence-corrected chi connectivity index (χ0v) is 13.4. The van der Waals surface area contributed by atoms with Gasteiger partial charge in [-0.15, -0.1) is 0 Å². The Morgan fingerprint density at radius 3 is 2.59 bits per heavy atom. The van der Waals surface area contributed by atoms with Gasteiger partial charge in [0.2, 0.25) is 0 Å². The van der Waals surface area contributed by atoms with Crippen LogP contribution in [-0.2, 0) is 16.0 Å². The van der Waals surface area contributed by atoms with Crippen molar-refractivity contribution in [2.45, 2.75) is 33.2 Å². The maximum absolute atomic E-state index is 12.6. The molecule has 0 saturated heterocycles. The van der Waals surface area contributed by atoms with Gasteiger partial charge >= 0.3 is 6.09 Å². The third-order valence-corrected chi connectivity index (χ3v) is 3.63. The fourth-order valence-electron chi connectivity index (χ4n) is 2.45. The predicted octanol–water partition coefficient (Wildman–Crippen LogP) is 3.05. The molecule has 0 saturated carbocycles. The quantitative estimate of drug-likeness (QED) is 0.912. The maximum atomic E-state index is 12.6. The molecule has 0 aliphatic carbocycles. The summed E-state index contributed by atoms with van der Waals surface area (Å²) in [5, 5.41) is 3.71. The van der Waals surface area contributed by atoms with E-state index in [1.54, 1.807) is 0 Å². The first-order valence-corrected chi connectivity index (χ1v) is 7.26. The highest BCUT2D eigenvalue weighted by molar-refractivity contribution is 5.92. The molecule has 0 fully saturated rings. The number of aromatic nitrogens is 1. The number of ether oxygens (including phenoxy) is 1. The molecule has 1 heterocycles. The molecule has 0 bridgehead atoms. The second-order valence-electron chi connectivity index (χ2n) is 6.37. The molecule has 0 unspecified atom stereocenters. The average molecular weight is 302 g/mol. The van der Waals surface area contributed by atoms with Gasteiger partial charge in [0.25, 0.3) is 0 Å². The van der Waals surface area contributed by atoms with E-state index < -0.39 is 17.6 Å². The summed E-state index contributed by atoms with van der Waals surface area (Å²) in [5.74, 6) is -0.0248. The van der Waals surface area contributed by atoms with Crippen LogP contribution in [0.2, 0.25) is 0 Å². The second-order valence-corrected chi connectivity index (χ2v) is 6.37. The third kappa shape index (κ3) is 3.47. The number of rotatable bonds is 4. The van der Waals surface area contributed by atoms with E-state index >= 15 is 0 Å². The lowest BCUT2D eigenvalue weighted by Crippen LogP contribution is -2.46. The van der Waals surface area contributed by atoms with Gasteiger partial charge in [-0.25, -0.2) is 4.79 Å². The molecule has 5 nitrogen and oxygen atoms in total. The number of fused-ring (bicyclic) bond motifs is 1. The van der Waals surface area contributed by atoms with Crippen LogP contribution >= 0.6 is 0 Å². The van der Waals surface area contributed by atoms with E-state index in [-0.39, 0.29) is 5.78 Å². The van der Waals surface area contributed by atoms with Crippen molar-refractivity contribution in [3.8, 4) is 0 Å². The molecule has 22 heavy (non-hydrogen) atoms. The van der Waals surface area contributed by atoms with Gasteiger partial charge in [-0.2, -0.15) is 0 Å². The summed E-state index contributed by atoms with van der Waals surface area (Å²) >= 11 is 0. The molecule has 2 N–H and O–H groups in total. The van der Waals surface area contributed by atoms with E-state index in [9.17, 15) is 9.59 Å². The topological polar surface area (TPSA) is 71.2 Å². The van der Waals surface area contributed by atoms with Crippen LogP contribution in [0.15, 0.2) is 30.5 Å². The number of Topliss-reactive ketones (excluding diaryl/α,β-unsaturated/α-hetero) is 1. The van der Waals surface area contributed by atoms with Crippen molar-refractivity contribution in [1.29, 1.82) is 0 Å². The van der Waals surface area contributed by atoms with E-state index in [0.29, 0.717) is 6.42 Å². The first-order chi connectivity index (χ1) is 10.3. The van der Waals surface area contributed by atoms with Crippen molar-refractivity contribution < 1.29 is 14.3 Å². The predicted molar refractivity (Wildman–Crippen MR) is 85.8 cm³/mol. The van der Waals surface area contributed by atoms with E-state index in [2.05, 4.69) is 15.0 Å². The molecule has 0 aliphatic rings. The number of amides is 1. The highest BCUT2D eigenvalue weighted by atomic mass is 16.5. The molecule has 1 atom stereocenters. The van der Waals surface area contributed by atoms with E-state index in [0.717, 1.165) is 16.5 Å². The number of carbonyl (C=O) groups excluding carboxylic acids is 2. The van der Waals surface area contributed by atoms with Gasteiger partial charge in [0.1, 0.15) is 0 Å². The summed E-state index contributed by atoms with van der Waals surface area (Å²) in [6.45, 7) is 5.53. The van der Waals surface area contributed by atoms with Gasteiger partial charge in [0, 0.05) is 28.9 Å². The van der Waals surface area contributed by atoms with Gasteiger partial charge < -0.3 is 15.0 Å². The van der Waals surface area contributed by atoms with Gasteiger partial charge in [-0.05, 0) is 11.6 Å². The Hall–Kier alpha value is -2.30. The number of para-hydroxylation sites is 1. The maximum Gasteiger partial charge on any atom is 0.407 e. The highest BCUT2D eigenvalue weighted by Crippen LogP contribution is 2.23. The zero-order chi connectivity index (χ0) is 16.3. The Morgan fingerprint density at radius 2 is 1.95 bits per heavy atom. The third-order valence-electron chi connectivity index (χ3n) is 3.63. The Morgan fingerprint density at radius 1 is 1.27 bits per heavy atom. The standard InChI is InChI=1S/C17H22N2O3/c1-17(2,3)15(20)14(19-16(21)22-4)9-11-10-18-13-8-6-5-7-12(11)13/h5-8,10,14,18H,9H2,1-4H3,(H,19,21)/t14-/m0/s1. The van der Waals surface area contributed by atoms with Crippen LogP contribution in [0.25, 0.3) is 10.9 Å². The molecule has 0 radical (unpaired) electrons. The van der Waals surface area contributed by atoms with Crippen molar-refractivity contribution in [1.82, 2.24) is 10.3 Å². The highest BCUT2D eigenvalue weighted by Gasteiger charge is 2.31. The zero-order valence-electron chi connectivity index (χ0n) is 13.4. The van der Waals surface area contributed by atoms with Crippen molar-refractivity contribution >= 4 is 22.8 Å². The summed E-state index contributed by atoms with van der Waals surface area (Å²) in [6.07, 6.45) is 1.71. The number of alkyl carbamates (subject to hydrolysis) is 1. The van der Waals surface area contributed by atoms with Gasteiger partial charge in [-0.1, -0.05) is 39.0 Å². The van der Waals surface area contributed by atoms with Crippen molar-refractivity contribution in [2.75, 3.05) is 7.11 Å². The van der Waals surface area contributed by atoms with E-state index in [1.165, 1.54) is 7.11 Å². The molecule has 2 aromatic rings. The lowest BCUT2D eigenvalue weighted by molar-refractivity contribution is -0.128. The number of ketones is 1. The fraction of sp³-hybridized carbons (Fsp3) is 0.412. The van der Waals surface area contributed by atoms with E-state index in [4.69, 9.17) is 0 Å². The number of aromatic amines is 1. The number of hydrogen-bond donors (Lipinski definition) is 2. The molecule has 1 aromatic heterocycles. The number of nitrogens with one attached hydrogen (secondary N) is 2. The number of H-pyrrole nitrogens is 1. The summed E-state index contributed by atoms with van der Waals surface area (Å²) in [7, 11) is 1.29. The Labute approximate surface area is 130 Å². The Balaban J connectivity index is 2.29. The minimum atomic E-state index is -0.619. The van der Waals surface area contributed by atoms with Crippen molar-refractivity contribution in [2.24, 2.45) is 5.41 Å². The molecule has 1 aromatic carbocycles. The lowest BCUT2D eigenvalue weighted by Gasteiger charge is -2.25. The summed E-state index contributed by atoms with van der Waals surface area (Å²) in [4.78, 5) is 27.3. The average Bonchev–Trinajstić information content (AvgIpc) is 2.88. The number of carbonyl (C=O) groups is 2. The molecule has 0 aliphatic heterocycles. The summed E-state index contributed by atoms with van der Waals surface area (Å²) < 4.78 is 4.64. The van der Waals surface area contributed by atoms with Gasteiger partial charge in [-0.3, -0.25) is 4.79 Å². The molecule has 118 valence electrons. The molecular formula is C17H22N2O3. The van der Waals surface area contributed by atoms with Crippen LogP contribution in [0.4, 0.5) is 4.79 Å². The first kappa shape index (κ1) is 16.1. The molecule has 2 rings (SSSR count). The number of benzene rings is 1. The summed E-state index contributed by atoms with van der Waals surface area (Å²) in [5.41, 5.74) is 1.46. The van der Waals surface area contributed by atoms with Gasteiger partial charge in [0.15, 0.2) is 5.78 Å². The second kappa shape index (κ2) is 6.22.